The van der Waals surface area contributed by atoms with Crippen molar-refractivity contribution in [2.75, 3.05) is 12.4 Å². The minimum atomic E-state index is -2.74. The second-order valence-corrected chi connectivity index (χ2v) is 8.35. The molecule has 2 N–H and O–H groups in total. The van der Waals surface area contributed by atoms with Crippen molar-refractivity contribution in [1.82, 2.24) is 24.9 Å². The van der Waals surface area contributed by atoms with Gasteiger partial charge in [-0.15, -0.1) is 0 Å². The van der Waals surface area contributed by atoms with Crippen molar-refractivity contribution in [2.24, 2.45) is 0 Å². The number of fused-ring (bicyclic) bond motifs is 1. The maximum atomic E-state index is 13.4. The number of hydrogen-bond donors (Lipinski definition) is 2. The molecule has 1 unspecified atom stereocenters. The first-order valence-electron chi connectivity index (χ1n) is 11.6. The molecule has 8 nitrogen and oxygen atoms in total. The number of benzene rings is 1. The van der Waals surface area contributed by atoms with Gasteiger partial charge in [0.1, 0.15) is 29.0 Å². The van der Waals surface area contributed by atoms with Crippen LogP contribution in [0.3, 0.4) is 0 Å². The van der Waals surface area contributed by atoms with Crippen LogP contribution in [0.1, 0.15) is 17.9 Å². The molecular formula is C27H21F3N6O2. The van der Waals surface area contributed by atoms with Crippen molar-refractivity contribution in [3.63, 3.8) is 0 Å². The van der Waals surface area contributed by atoms with E-state index in [0.29, 0.717) is 39.4 Å². The van der Waals surface area contributed by atoms with E-state index < -0.39 is 30.5 Å². The van der Waals surface area contributed by atoms with Gasteiger partial charge in [-0.25, -0.2) is 23.1 Å². The lowest BCUT2D eigenvalue weighted by atomic mass is 9.95. The number of alkyl halides is 2. The smallest absolute Gasteiger partial charge is 0.241 e. The molecule has 1 atom stereocenters. The molecule has 11 heteroatoms. The Hall–Kier alpha value is -4.80. The van der Waals surface area contributed by atoms with E-state index >= 15 is 0 Å². The number of nitrogens with one attached hydrogen (secondary N) is 2. The summed E-state index contributed by atoms with van der Waals surface area (Å²) in [5.74, 6) is -1.91. The molecule has 192 valence electrons. The highest BCUT2D eigenvalue weighted by molar-refractivity contribution is 6.02. The van der Waals surface area contributed by atoms with Gasteiger partial charge >= 0.3 is 0 Å². The number of nitrogens with zero attached hydrogens (tertiary/aromatic N) is 4. The first-order chi connectivity index (χ1) is 18.4. The lowest BCUT2D eigenvalue weighted by Crippen LogP contribution is -2.23. The minimum Gasteiger partial charge on any atom is -0.479 e. The predicted molar refractivity (Wildman–Crippen MR) is 135 cm³/mol. The van der Waals surface area contributed by atoms with Gasteiger partial charge in [-0.1, -0.05) is 18.2 Å². The summed E-state index contributed by atoms with van der Waals surface area (Å²) in [6.07, 6.45) is 1.08. The molecule has 38 heavy (non-hydrogen) atoms. The average Bonchev–Trinajstić information content (AvgIpc) is 3.33. The van der Waals surface area contributed by atoms with Crippen LogP contribution in [0.2, 0.25) is 0 Å². The average molecular weight is 518 g/mol. The summed E-state index contributed by atoms with van der Waals surface area (Å²) < 4.78 is 45.4. The van der Waals surface area contributed by atoms with E-state index in [1.165, 1.54) is 31.8 Å². The number of aromatic nitrogens is 5. The van der Waals surface area contributed by atoms with E-state index in [2.05, 4.69) is 30.2 Å². The molecule has 0 saturated carbocycles. The second kappa shape index (κ2) is 10.7. The molecule has 0 radical (unpaired) electrons. The van der Waals surface area contributed by atoms with Crippen molar-refractivity contribution >= 4 is 22.8 Å². The van der Waals surface area contributed by atoms with Crippen LogP contribution in [0.4, 0.5) is 19.0 Å². The van der Waals surface area contributed by atoms with E-state index in [0.717, 1.165) is 12.1 Å². The van der Waals surface area contributed by atoms with Gasteiger partial charge in [0.25, 0.3) is 0 Å². The van der Waals surface area contributed by atoms with E-state index in [1.54, 1.807) is 24.4 Å². The zero-order chi connectivity index (χ0) is 26.6. The molecule has 0 spiro atoms. The van der Waals surface area contributed by atoms with Gasteiger partial charge in [0.15, 0.2) is 0 Å². The Bertz CT molecular complexity index is 1580. The van der Waals surface area contributed by atoms with Gasteiger partial charge < -0.3 is 15.0 Å². The summed E-state index contributed by atoms with van der Waals surface area (Å²) in [4.78, 5) is 33.6. The zero-order valence-electron chi connectivity index (χ0n) is 20.0. The fourth-order valence-electron chi connectivity index (χ4n) is 4.24. The Labute approximate surface area is 215 Å². The van der Waals surface area contributed by atoms with E-state index in [9.17, 15) is 18.0 Å². The summed E-state index contributed by atoms with van der Waals surface area (Å²) in [6.45, 7) is 0. The number of carbonyl (C=O) groups excluding carboxylic acids is 1. The van der Waals surface area contributed by atoms with Crippen LogP contribution in [0, 0.1) is 5.82 Å². The lowest BCUT2D eigenvalue weighted by Gasteiger charge is -2.17. The number of halogens is 3. The Morgan fingerprint density at radius 1 is 1.03 bits per heavy atom. The Morgan fingerprint density at radius 2 is 1.84 bits per heavy atom. The fourth-order valence-corrected chi connectivity index (χ4v) is 4.24. The highest BCUT2D eigenvalue weighted by Gasteiger charge is 2.26. The third-order valence-electron chi connectivity index (χ3n) is 5.97. The van der Waals surface area contributed by atoms with Crippen LogP contribution in [-0.4, -0.2) is 44.4 Å². The number of anilines is 1. The quantitative estimate of drug-likeness (QED) is 0.277. The van der Waals surface area contributed by atoms with Crippen molar-refractivity contribution in [3.8, 4) is 28.4 Å². The lowest BCUT2D eigenvalue weighted by molar-refractivity contribution is -0.118. The monoisotopic (exact) mass is 518 g/mol. The van der Waals surface area contributed by atoms with E-state index in [1.807, 2.05) is 12.1 Å². The molecule has 0 bridgehead atoms. The number of H-pyrrole nitrogens is 1. The molecule has 4 heterocycles. The number of carbonyl (C=O) groups is 1. The molecule has 4 aromatic heterocycles. The number of methoxy groups -OCH3 is 1. The highest BCUT2D eigenvalue weighted by Crippen LogP contribution is 2.39. The number of hydrogen-bond acceptors (Lipinski definition) is 6. The first-order valence-corrected chi connectivity index (χ1v) is 11.6. The molecule has 0 aliphatic heterocycles. The van der Waals surface area contributed by atoms with Gasteiger partial charge in [0, 0.05) is 24.4 Å². The standard InChI is InChI=1S/C27H21F3N6O2/c1-38-27-25-24(33-14-34-27)22(19-4-2-3-10-31-19)23(36-25)16-9-11-32-21(12-16)35-26(37)18(13-20(29)30)15-5-7-17(28)8-6-15/h2-12,14,18,20,36H,13H2,1H3,(H,32,35,37). The molecule has 0 aliphatic carbocycles. The van der Waals surface area contributed by atoms with E-state index in [-0.39, 0.29) is 11.4 Å². The molecule has 5 rings (SSSR count). The third kappa shape index (κ3) is 5.03. The normalized spacial score (nSPS) is 12.0. The zero-order valence-corrected chi connectivity index (χ0v) is 20.0. The number of ether oxygens (including phenoxy) is 1. The Morgan fingerprint density at radius 3 is 2.55 bits per heavy atom. The molecular weight excluding hydrogens is 497 g/mol. The Kier molecular flexibility index (Phi) is 6.98. The second-order valence-electron chi connectivity index (χ2n) is 8.35. The summed E-state index contributed by atoms with van der Waals surface area (Å²) in [5, 5.41) is 2.63. The number of aromatic amines is 1. The summed E-state index contributed by atoms with van der Waals surface area (Å²) in [6, 6.07) is 13.7. The van der Waals surface area contributed by atoms with Crippen molar-refractivity contribution < 1.29 is 22.7 Å². The van der Waals surface area contributed by atoms with Crippen LogP contribution in [0.15, 0.2) is 73.3 Å². The predicted octanol–water partition coefficient (Wildman–Crippen LogP) is 5.61. The van der Waals surface area contributed by atoms with Gasteiger partial charge in [-0.3, -0.25) is 9.78 Å². The molecule has 0 saturated heterocycles. The maximum Gasteiger partial charge on any atom is 0.241 e. The maximum absolute atomic E-state index is 13.4. The van der Waals surface area contributed by atoms with Crippen LogP contribution in [0.25, 0.3) is 33.5 Å². The van der Waals surface area contributed by atoms with Gasteiger partial charge in [0.2, 0.25) is 18.2 Å². The van der Waals surface area contributed by atoms with Gasteiger partial charge in [0.05, 0.1) is 30.0 Å². The van der Waals surface area contributed by atoms with Crippen molar-refractivity contribution in [3.05, 3.63) is 84.7 Å². The Balaban J connectivity index is 1.54. The number of pyridine rings is 2. The third-order valence-corrected chi connectivity index (χ3v) is 5.97. The number of rotatable bonds is 8. The van der Waals surface area contributed by atoms with Crippen LogP contribution >= 0.6 is 0 Å². The SMILES string of the molecule is COc1ncnc2c(-c3ccccn3)c(-c3ccnc(NC(=O)C(CC(F)F)c4ccc(F)cc4)c3)[nH]c12. The molecule has 0 aliphatic rings. The highest BCUT2D eigenvalue weighted by atomic mass is 19.3. The van der Waals surface area contributed by atoms with Gasteiger partial charge in [-0.2, -0.15) is 4.98 Å². The molecule has 1 amide bonds. The van der Waals surface area contributed by atoms with Crippen LogP contribution in [-0.2, 0) is 4.79 Å². The topological polar surface area (TPSA) is 106 Å². The summed E-state index contributed by atoms with van der Waals surface area (Å²) >= 11 is 0. The summed E-state index contributed by atoms with van der Waals surface area (Å²) in [7, 11) is 1.50. The largest absolute Gasteiger partial charge is 0.479 e. The van der Waals surface area contributed by atoms with Crippen LogP contribution in [0.5, 0.6) is 5.88 Å². The summed E-state index contributed by atoms with van der Waals surface area (Å²) in [5.41, 5.74) is 4.00. The fraction of sp³-hybridized carbons (Fsp3) is 0.148. The molecule has 0 fully saturated rings. The van der Waals surface area contributed by atoms with Gasteiger partial charge in [-0.05, 0) is 42.0 Å². The van der Waals surface area contributed by atoms with Crippen molar-refractivity contribution in [2.45, 2.75) is 18.8 Å². The molecule has 1 aromatic carbocycles. The van der Waals surface area contributed by atoms with E-state index in [4.69, 9.17) is 4.74 Å². The minimum absolute atomic E-state index is 0.151. The molecule has 5 aromatic rings. The van der Waals surface area contributed by atoms with Crippen molar-refractivity contribution in [1.29, 1.82) is 0 Å². The first kappa shape index (κ1) is 24.9. The number of amides is 1. The van der Waals surface area contributed by atoms with Crippen LogP contribution < -0.4 is 10.1 Å².